The highest BCUT2D eigenvalue weighted by Gasteiger charge is 2.31. The van der Waals surface area contributed by atoms with Crippen LogP contribution in [0.15, 0.2) is 89.8 Å². The molecule has 14 nitrogen and oxygen atoms in total. The number of hydrogen-bond donors (Lipinski definition) is 6. The van der Waals surface area contributed by atoms with Gasteiger partial charge in [-0.2, -0.15) is 0 Å². The Morgan fingerprint density at radius 1 is 0.615 bits per heavy atom. The lowest BCUT2D eigenvalue weighted by Gasteiger charge is -2.32. The Balaban J connectivity index is 0.000000194. The molecule has 4 fully saturated rings. The van der Waals surface area contributed by atoms with Crippen molar-refractivity contribution in [2.24, 2.45) is 11.5 Å². The van der Waals surface area contributed by atoms with Gasteiger partial charge in [-0.25, -0.2) is 9.59 Å². The summed E-state index contributed by atoms with van der Waals surface area (Å²) >= 11 is 7.72. The van der Waals surface area contributed by atoms with Crippen LogP contribution in [0, 0.1) is 0 Å². The Bertz CT molecular complexity index is 2420. The van der Waals surface area contributed by atoms with Crippen LogP contribution in [0.1, 0.15) is 106 Å². The predicted molar refractivity (Wildman–Crippen MR) is 254 cm³/mol. The maximum absolute atomic E-state index is 13.3. The fraction of sp³-hybridized carbons (Fsp3) is 0.388. The van der Waals surface area contributed by atoms with E-state index in [-0.39, 0.29) is 23.4 Å². The number of benzene rings is 4. The first-order valence-corrected chi connectivity index (χ1v) is 23.9. The number of urea groups is 2. The van der Waals surface area contributed by atoms with Gasteiger partial charge in [-0.3, -0.25) is 19.2 Å². The van der Waals surface area contributed by atoms with E-state index in [9.17, 15) is 28.8 Å². The van der Waals surface area contributed by atoms with E-state index >= 15 is 0 Å². The van der Waals surface area contributed by atoms with Crippen LogP contribution in [0.2, 0.25) is 5.02 Å². The number of Topliss-reactive ketones (excluding diaryl/α,β-unsaturated/α-hetero) is 2. The summed E-state index contributed by atoms with van der Waals surface area (Å²) in [7, 11) is 0. The number of nitrogens with two attached hydrogens (primary N) is 2. The molecular weight excluding hydrogens is 864 g/mol. The number of carbonyl (C=O) groups excluding carboxylic acids is 6. The van der Waals surface area contributed by atoms with Gasteiger partial charge in [0.2, 0.25) is 0 Å². The van der Waals surface area contributed by atoms with Gasteiger partial charge < -0.3 is 42.5 Å². The average molecular weight is 922 g/mol. The Kier molecular flexibility index (Phi) is 16.0. The Morgan fingerprint density at radius 3 is 1.46 bits per heavy atom. The molecule has 4 aliphatic rings. The quantitative estimate of drug-likeness (QED) is 0.0827. The molecule has 16 heteroatoms. The largest absolute Gasteiger partial charge is 0.339 e. The normalized spacial score (nSPS) is 18.6. The Hall–Kier alpha value is -5.74. The summed E-state index contributed by atoms with van der Waals surface area (Å²) in [5.74, 6) is 0.766. The molecule has 8 N–H and O–H groups in total. The van der Waals surface area contributed by atoms with Gasteiger partial charge in [0.1, 0.15) is 0 Å². The molecule has 65 heavy (non-hydrogen) atoms. The van der Waals surface area contributed by atoms with E-state index < -0.39 is 24.1 Å². The van der Waals surface area contributed by atoms with Crippen molar-refractivity contribution in [3.8, 4) is 0 Å². The number of ketones is 2. The molecule has 0 radical (unpaired) electrons. The van der Waals surface area contributed by atoms with Crippen LogP contribution in [0.25, 0.3) is 0 Å². The standard InChI is InChI=1S/C25H30N4O3S.C24H27ClN4O3/c1-33-21-13-19(12-20(14-21)27-25(32)28-22-5-6-23(22)30)24(31)29-9-7-17(8-10-29)18-4-2-3-16(11-18)15-26;25-19-11-18(12-20(13-19)27-24(32)28-21-4-5-22(21)30)23(31)29-8-6-16(7-9-29)17-3-1-2-15(10-17)14-26/h2-4,11-14,17,22H,5-10,15,26H2,1H3,(H2,27,28,32);1-3,10-13,16,21H,4-9,14,26H2,(H2,27,28,32). The van der Waals surface area contributed by atoms with Crippen LogP contribution < -0.4 is 32.7 Å². The summed E-state index contributed by atoms with van der Waals surface area (Å²) in [6.07, 6.45) is 7.84. The van der Waals surface area contributed by atoms with Gasteiger partial charge in [-0.1, -0.05) is 60.1 Å². The molecule has 0 spiro atoms. The molecule has 8 rings (SSSR count). The summed E-state index contributed by atoms with van der Waals surface area (Å²) in [6.45, 7) is 3.72. The maximum Gasteiger partial charge on any atom is 0.319 e. The molecule has 0 bridgehead atoms. The van der Waals surface area contributed by atoms with E-state index in [2.05, 4.69) is 51.6 Å². The van der Waals surface area contributed by atoms with E-state index in [1.807, 2.05) is 46.4 Å². The minimum Gasteiger partial charge on any atom is -0.339 e. The molecule has 0 aromatic heterocycles. The lowest BCUT2D eigenvalue weighted by Crippen LogP contribution is -2.48. The topological polar surface area (TPSA) is 209 Å². The number of nitrogens with zero attached hydrogens (tertiary/aromatic N) is 2. The monoisotopic (exact) mass is 920 g/mol. The van der Waals surface area contributed by atoms with Crippen LogP contribution in [0.4, 0.5) is 21.0 Å². The number of likely N-dealkylation sites (tertiary alicyclic amines) is 2. The zero-order valence-electron chi connectivity index (χ0n) is 36.6. The number of piperidine rings is 2. The number of nitrogens with one attached hydrogen (secondary N) is 4. The molecule has 2 aliphatic carbocycles. The van der Waals surface area contributed by atoms with E-state index in [4.69, 9.17) is 23.1 Å². The summed E-state index contributed by atoms with van der Waals surface area (Å²) in [6, 6.07) is 25.2. The highest BCUT2D eigenvalue weighted by atomic mass is 35.5. The molecular formula is C49H57ClN8O6S. The van der Waals surface area contributed by atoms with E-state index in [1.54, 1.807) is 24.3 Å². The highest BCUT2D eigenvalue weighted by Crippen LogP contribution is 2.32. The summed E-state index contributed by atoms with van der Waals surface area (Å²) in [4.78, 5) is 78.3. The lowest BCUT2D eigenvalue weighted by molar-refractivity contribution is -0.126. The minimum atomic E-state index is -0.482. The number of carbonyl (C=O) groups is 6. The van der Waals surface area contributed by atoms with Crippen LogP contribution in [-0.2, 0) is 22.7 Å². The van der Waals surface area contributed by atoms with Crippen LogP contribution in [-0.4, -0.2) is 89.8 Å². The lowest BCUT2D eigenvalue weighted by atomic mass is 9.88. The third kappa shape index (κ3) is 12.3. The molecule has 2 atom stereocenters. The van der Waals surface area contributed by atoms with Gasteiger partial charge in [0.25, 0.3) is 11.8 Å². The third-order valence-electron chi connectivity index (χ3n) is 12.7. The molecule has 4 aromatic rings. The maximum atomic E-state index is 13.3. The Morgan fingerprint density at radius 2 is 1.06 bits per heavy atom. The molecule has 2 unspecified atom stereocenters. The van der Waals surface area contributed by atoms with Crippen molar-refractivity contribution in [3.63, 3.8) is 0 Å². The summed E-state index contributed by atoms with van der Waals surface area (Å²) in [5, 5.41) is 11.1. The van der Waals surface area contributed by atoms with Gasteiger partial charge in [-0.05, 0) is 115 Å². The molecule has 342 valence electrons. The fourth-order valence-corrected chi connectivity index (χ4v) is 9.34. The second kappa shape index (κ2) is 22.0. The number of anilines is 2. The number of halogens is 1. The first kappa shape index (κ1) is 47.2. The van der Waals surface area contributed by atoms with Crippen molar-refractivity contribution in [2.45, 2.75) is 93.3 Å². The number of thioether (sulfide) groups is 1. The molecule has 2 saturated carbocycles. The molecule has 2 heterocycles. The Labute approximate surface area is 389 Å². The average Bonchev–Trinajstić information content (AvgIpc) is 3.33. The summed E-state index contributed by atoms with van der Waals surface area (Å²) < 4.78 is 0. The van der Waals surface area contributed by atoms with E-state index in [0.29, 0.717) is 104 Å². The van der Waals surface area contributed by atoms with Gasteiger partial charge in [-0.15, -0.1) is 11.8 Å². The van der Waals surface area contributed by atoms with Crippen molar-refractivity contribution < 1.29 is 28.8 Å². The van der Waals surface area contributed by atoms with Crippen molar-refractivity contribution >= 4 is 70.2 Å². The van der Waals surface area contributed by atoms with Crippen molar-refractivity contribution in [1.82, 2.24) is 20.4 Å². The second-order valence-electron chi connectivity index (χ2n) is 17.0. The molecule has 4 aromatic carbocycles. The third-order valence-corrected chi connectivity index (χ3v) is 13.6. The van der Waals surface area contributed by atoms with Crippen molar-refractivity contribution in [2.75, 3.05) is 43.1 Å². The molecule has 2 aliphatic heterocycles. The van der Waals surface area contributed by atoms with Gasteiger partial charge >= 0.3 is 12.1 Å². The minimum absolute atomic E-state index is 0.0280. The smallest absolute Gasteiger partial charge is 0.319 e. The SMILES string of the molecule is CSc1cc(NC(=O)NC2CCC2=O)cc(C(=O)N2CCC(c3cccc(CN)c3)CC2)c1.NCc1cccc(C2CCN(C(=O)c3cc(Cl)cc(NC(=O)NC4CCC4=O)c3)CC2)c1. The van der Waals surface area contributed by atoms with E-state index in [1.165, 1.54) is 22.9 Å². The second-order valence-corrected chi connectivity index (χ2v) is 18.3. The number of amides is 6. The van der Waals surface area contributed by atoms with Crippen molar-refractivity contribution in [1.29, 1.82) is 0 Å². The van der Waals surface area contributed by atoms with Crippen molar-refractivity contribution in [3.05, 3.63) is 123 Å². The summed E-state index contributed by atoms with van der Waals surface area (Å²) in [5.41, 5.74) is 18.3. The zero-order chi connectivity index (χ0) is 46.0. The zero-order valence-corrected chi connectivity index (χ0v) is 38.1. The van der Waals surface area contributed by atoms with Crippen LogP contribution >= 0.6 is 23.4 Å². The van der Waals surface area contributed by atoms with Gasteiger partial charge in [0, 0.05) is 84.5 Å². The van der Waals surface area contributed by atoms with Gasteiger partial charge in [0.15, 0.2) is 11.6 Å². The predicted octanol–water partition coefficient (Wildman–Crippen LogP) is 7.41. The van der Waals surface area contributed by atoms with Gasteiger partial charge in [0.05, 0.1) is 12.1 Å². The van der Waals surface area contributed by atoms with E-state index in [0.717, 1.165) is 41.7 Å². The molecule has 2 saturated heterocycles. The number of rotatable bonds is 11. The fourth-order valence-electron chi connectivity index (χ4n) is 8.61. The van der Waals surface area contributed by atoms with Crippen LogP contribution in [0.3, 0.4) is 0 Å². The first-order valence-electron chi connectivity index (χ1n) is 22.3. The first-order chi connectivity index (χ1) is 31.4. The molecule has 6 amide bonds. The highest BCUT2D eigenvalue weighted by molar-refractivity contribution is 7.98. The van der Waals surface area contributed by atoms with Crippen LogP contribution in [0.5, 0.6) is 0 Å². The number of hydrogen-bond acceptors (Lipinski definition) is 9.